The molecule has 1 unspecified atom stereocenters. The molecule has 2 heterocycles. The number of halogens is 1. The first-order chi connectivity index (χ1) is 14.6. The van der Waals surface area contributed by atoms with E-state index in [9.17, 15) is 4.79 Å². The van der Waals surface area contributed by atoms with Gasteiger partial charge in [0.1, 0.15) is 0 Å². The van der Waals surface area contributed by atoms with Crippen LogP contribution in [0.1, 0.15) is 57.1 Å². The molecule has 6 nitrogen and oxygen atoms in total. The fraction of sp³-hybridized carbons (Fsp3) is 0.667. The molecule has 0 saturated carbocycles. The highest BCUT2D eigenvalue weighted by atomic mass is 127. The molecule has 2 aliphatic heterocycles. The molecule has 0 aromatic heterocycles. The maximum Gasteiger partial charge on any atom is 0.225 e. The van der Waals surface area contributed by atoms with Gasteiger partial charge >= 0.3 is 0 Å². The number of likely N-dealkylation sites (tertiary alicyclic amines) is 2. The van der Waals surface area contributed by atoms with Crippen LogP contribution in [0.5, 0.6) is 0 Å². The molecule has 1 amide bonds. The summed E-state index contributed by atoms with van der Waals surface area (Å²) in [6, 6.07) is 8.98. The first-order valence-corrected chi connectivity index (χ1v) is 11.6. The van der Waals surface area contributed by atoms with Gasteiger partial charge in [0.2, 0.25) is 5.91 Å². The van der Waals surface area contributed by atoms with E-state index in [0.29, 0.717) is 0 Å². The molecule has 0 bridgehead atoms. The van der Waals surface area contributed by atoms with Crippen molar-refractivity contribution in [2.75, 3.05) is 33.2 Å². The van der Waals surface area contributed by atoms with Gasteiger partial charge in [-0.05, 0) is 43.5 Å². The molecular weight excluding hydrogens is 501 g/mol. The molecular formula is C24H40IN5O. The Morgan fingerprint density at radius 2 is 1.77 bits per heavy atom. The van der Waals surface area contributed by atoms with Crippen molar-refractivity contribution in [1.82, 2.24) is 20.4 Å². The smallest absolute Gasteiger partial charge is 0.225 e. The van der Waals surface area contributed by atoms with E-state index in [4.69, 9.17) is 0 Å². The highest BCUT2D eigenvalue weighted by Crippen LogP contribution is 2.16. The molecule has 3 rings (SSSR count). The molecule has 174 valence electrons. The number of aliphatic imine (C=N–C) groups is 1. The number of hydrogen-bond acceptors (Lipinski definition) is 3. The zero-order chi connectivity index (χ0) is 21.3. The van der Waals surface area contributed by atoms with Gasteiger partial charge in [-0.1, -0.05) is 51.0 Å². The van der Waals surface area contributed by atoms with Gasteiger partial charge in [-0.25, -0.2) is 0 Å². The van der Waals surface area contributed by atoms with Crippen LogP contribution in [-0.4, -0.2) is 60.9 Å². The molecule has 7 heteroatoms. The molecule has 2 fully saturated rings. The fourth-order valence-corrected chi connectivity index (χ4v) is 4.43. The lowest BCUT2D eigenvalue weighted by molar-refractivity contribution is -0.133. The predicted molar refractivity (Wildman–Crippen MR) is 139 cm³/mol. The number of guanidine groups is 1. The minimum absolute atomic E-state index is 0. The van der Waals surface area contributed by atoms with Crippen LogP contribution in [0, 0.1) is 5.92 Å². The average Bonchev–Trinajstić information content (AvgIpc) is 3.06. The number of hydrogen-bond donors (Lipinski definition) is 2. The third-order valence-electron chi connectivity index (χ3n) is 6.22. The van der Waals surface area contributed by atoms with Crippen molar-refractivity contribution in [2.24, 2.45) is 10.9 Å². The second-order valence-corrected chi connectivity index (χ2v) is 8.95. The minimum atomic E-state index is 0. The van der Waals surface area contributed by atoms with E-state index in [1.807, 2.05) is 25.8 Å². The van der Waals surface area contributed by atoms with E-state index < -0.39 is 0 Å². The molecule has 0 aliphatic carbocycles. The SMILES string of the molecule is CN=C(NCc1ccccc1CN1CCCCCC1)NC1CCN(C(=O)C(C)C)C1.I. The van der Waals surface area contributed by atoms with Gasteiger partial charge < -0.3 is 15.5 Å². The van der Waals surface area contributed by atoms with Crippen molar-refractivity contribution < 1.29 is 4.79 Å². The summed E-state index contributed by atoms with van der Waals surface area (Å²) in [5.74, 6) is 1.11. The molecule has 0 spiro atoms. The average molecular weight is 542 g/mol. The summed E-state index contributed by atoms with van der Waals surface area (Å²) in [6.07, 6.45) is 6.32. The van der Waals surface area contributed by atoms with Crippen LogP contribution < -0.4 is 10.6 Å². The summed E-state index contributed by atoms with van der Waals surface area (Å²) in [5.41, 5.74) is 2.73. The molecule has 2 N–H and O–H groups in total. The third-order valence-corrected chi connectivity index (χ3v) is 6.22. The number of carbonyl (C=O) groups excluding carboxylic acids is 1. The van der Waals surface area contributed by atoms with Gasteiger partial charge in [0.25, 0.3) is 0 Å². The summed E-state index contributed by atoms with van der Waals surface area (Å²) >= 11 is 0. The van der Waals surface area contributed by atoms with Gasteiger partial charge in [-0.15, -0.1) is 24.0 Å². The highest BCUT2D eigenvalue weighted by Gasteiger charge is 2.28. The lowest BCUT2D eigenvalue weighted by Gasteiger charge is -2.23. The topological polar surface area (TPSA) is 60.0 Å². The Labute approximate surface area is 205 Å². The first kappa shape index (κ1) is 25.9. The van der Waals surface area contributed by atoms with Crippen LogP contribution in [-0.2, 0) is 17.9 Å². The van der Waals surface area contributed by atoms with Gasteiger partial charge in [0.15, 0.2) is 5.96 Å². The molecule has 1 aromatic carbocycles. The molecule has 1 atom stereocenters. The molecule has 2 saturated heterocycles. The number of nitrogens with one attached hydrogen (secondary N) is 2. The van der Waals surface area contributed by atoms with Crippen LogP contribution in [0.15, 0.2) is 29.3 Å². The standard InChI is InChI=1S/C24H39N5O.HI/c1-19(2)23(30)29-15-12-22(18-29)27-24(25-3)26-16-20-10-6-7-11-21(20)17-28-13-8-4-5-9-14-28;/h6-7,10-11,19,22H,4-5,8-9,12-18H2,1-3H3,(H2,25,26,27);1H. The monoisotopic (exact) mass is 541 g/mol. The molecule has 1 aromatic rings. The van der Waals surface area contributed by atoms with Crippen molar-refractivity contribution in [3.63, 3.8) is 0 Å². The molecule has 31 heavy (non-hydrogen) atoms. The van der Waals surface area contributed by atoms with E-state index in [1.54, 1.807) is 0 Å². The largest absolute Gasteiger partial charge is 0.352 e. The van der Waals surface area contributed by atoms with E-state index in [1.165, 1.54) is 49.9 Å². The Morgan fingerprint density at radius 3 is 2.42 bits per heavy atom. The highest BCUT2D eigenvalue weighted by molar-refractivity contribution is 14.0. The molecule has 2 aliphatic rings. The van der Waals surface area contributed by atoms with Crippen LogP contribution in [0.25, 0.3) is 0 Å². The van der Waals surface area contributed by atoms with Crippen LogP contribution in [0.4, 0.5) is 0 Å². The molecule has 0 radical (unpaired) electrons. The minimum Gasteiger partial charge on any atom is -0.352 e. The number of amides is 1. The van der Waals surface area contributed by atoms with Crippen LogP contribution >= 0.6 is 24.0 Å². The van der Waals surface area contributed by atoms with E-state index in [-0.39, 0.29) is 41.8 Å². The summed E-state index contributed by atoms with van der Waals surface area (Å²) in [7, 11) is 1.81. The number of rotatable bonds is 6. The van der Waals surface area contributed by atoms with E-state index in [0.717, 1.165) is 38.6 Å². The lowest BCUT2D eigenvalue weighted by Crippen LogP contribution is -2.45. The lowest BCUT2D eigenvalue weighted by atomic mass is 10.1. The quantitative estimate of drug-likeness (QED) is 0.329. The summed E-state index contributed by atoms with van der Waals surface area (Å²) < 4.78 is 0. The summed E-state index contributed by atoms with van der Waals surface area (Å²) in [4.78, 5) is 21.2. The summed E-state index contributed by atoms with van der Waals surface area (Å²) in [6.45, 7) is 9.70. The Kier molecular flexibility index (Phi) is 11.1. The Balaban J connectivity index is 0.00000341. The predicted octanol–water partition coefficient (Wildman–Crippen LogP) is 3.60. The Bertz CT molecular complexity index is 716. The van der Waals surface area contributed by atoms with Crippen molar-refractivity contribution in [3.05, 3.63) is 35.4 Å². The number of benzene rings is 1. The number of nitrogens with zero attached hydrogens (tertiary/aromatic N) is 3. The Morgan fingerprint density at radius 1 is 1.10 bits per heavy atom. The zero-order valence-electron chi connectivity index (χ0n) is 19.4. The maximum atomic E-state index is 12.2. The fourth-order valence-electron chi connectivity index (χ4n) is 4.43. The Hall–Kier alpha value is -1.35. The van der Waals surface area contributed by atoms with E-state index in [2.05, 4.69) is 44.8 Å². The van der Waals surface area contributed by atoms with Crippen LogP contribution in [0.3, 0.4) is 0 Å². The van der Waals surface area contributed by atoms with E-state index >= 15 is 0 Å². The third kappa shape index (κ3) is 7.93. The van der Waals surface area contributed by atoms with Crippen molar-refractivity contribution in [3.8, 4) is 0 Å². The van der Waals surface area contributed by atoms with Crippen molar-refractivity contribution in [1.29, 1.82) is 0 Å². The summed E-state index contributed by atoms with van der Waals surface area (Å²) in [5, 5.41) is 6.99. The first-order valence-electron chi connectivity index (χ1n) is 11.6. The second kappa shape index (κ2) is 13.3. The van der Waals surface area contributed by atoms with Gasteiger partial charge in [-0.2, -0.15) is 0 Å². The van der Waals surface area contributed by atoms with Crippen molar-refractivity contribution in [2.45, 2.75) is 65.1 Å². The van der Waals surface area contributed by atoms with Gasteiger partial charge in [-0.3, -0.25) is 14.7 Å². The van der Waals surface area contributed by atoms with Gasteiger partial charge in [0, 0.05) is 45.2 Å². The van der Waals surface area contributed by atoms with Crippen LogP contribution in [0.2, 0.25) is 0 Å². The van der Waals surface area contributed by atoms with Gasteiger partial charge in [0.05, 0.1) is 0 Å². The zero-order valence-corrected chi connectivity index (χ0v) is 21.7. The normalized spacial score (nSPS) is 20.3. The maximum absolute atomic E-state index is 12.2. The number of carbonyl (C=O) groups is 1. The van der Waals surface area contributed by atoms with Crippen molar-refractivity contribution >= 4 is 35.8 Å². The second-order valence-electron chi connectivity index (χ2n) is 8.95.